The van der Waals surface area contributed by atoms with Crippen molar-refractivity contribution < 1.29 is 0 Å². The number of nitrogens with two attached hydrogens (primary N) is 1. The first-order valence-corrected chi connectivity index (χ1v) is 5.31. The van der Waals surface area contributed by atoms with Gasteiger partial charge in [-0.2, -0.15) is 0 Å². The normalized spacial score (nSPS) is 13.2. The quantitative estimate of drug-likeness (QED) is 0.585. The van der Waals surface area contributed by atoms with Gasteiger partial charge in [-0.3, -0.25) is 4.90 Å². The number of hydrogen-bond acceptors (Lipinski definition) is 2. The zero-order chi connectivity index (χ0) is 10.1. The Labute approximate surface area is 82.8 Å². The molecule has 0 heterocycles. The van der Waals surface area contributed by atoms with Gasteiger partial charge in [-0.1, -0.05) is 13.0 Å². The second-order valence-electron chi connectivity index (χ2n) is 3.56. The maximum absolute atomic E-state index is 5.49. The second-order valence-corrected chi connectivity index (χ2v) is 3.56. The fraction of sp³-hybridized carbons (Fsp3) is 0.818. The lowest BCUT2D eigenvalue weighted by molar-refractivity contribution is 0.219. The molecule has 0 bridgehead atoms. The number of hydrogen-bond donors (Lipinski definition) is 1. The van der Waals surface area contributed by atoms with E-state index in [-0.39, 0.29) is 0 Å². The van der Waals surface area contributed by atoms with Crippen LogP contribution in [0.15, 0.2) is 12.7 Å². The zero-order valence-corrected chi connectivity index (χ0v) is 9.13. The van der Waals surface area contributed by atoms with Gasteiger partial charge in [0, 0.05) is 12.6 Å². The predicted octanol–water partition coefficient (Wildman–Crippen LogP) is 2.01. The number of nitrogens with zero attached hydrogens (tertiary/aromatic N) is 1. The van der Waals surface area contributed by atoms with Crippen LogP contribution in [0.3, 0.4) is 0 Å². The fourth-order valence-electron chi connectivity index (χ4n) is 1.54. The SMILES string of the molecule is C=CCN(CCC)C(C)CCCN. The van der Waals surface area contributed by atoms with Crippen LogP contribution in [0.1, 0.15) is 33.1 Å². The highest BCUT2D eigenvalue weighted by Crippen LogP contribution is 2.06. The van der Waals surface area contributed by atoms with Crippen molar-refractivity contribution in [3.63, 3.8) is 0 Å². The van der Waals surface area contributed by atoms with Gasteiger partial charge in [0.1, 0.15) is 0 Å². The predicted molar refractivity (Wildman–Crippen MR) is 59.8 cm³/mol. The van der Waals surface area contributed by atoms with E-state index in [1.165, 1.54) is 12.8 Å². The summed E-state index contributed by atoms with van der Waals surface area (Å²) in [6.45, 7) is 11.2. The van der Waals surface area contributed by atoms with Crippen LogP contribution in [0.25, 0.3) is 0 Å². The van der Waals surface area contributed by atoms with Crippen molar-refractivity contribution in [2.75, 3.05) is 19.6 Å². The molecular weight excluding hydrogens is 160 g/mol. The van der Waals surface area contributed by atoms with Gasteiger partial charge in [0.15, 0.2) is 0 Å². The summed E-state index contributed by atoms with van der Waals surface area (Å²) in [6.07, 6.45) is 5.51. The Morgan fingerprint density at radius 3 is 2.69 bits per heavy atom. The fourth-order valence-corrected chi connectivity index (χ4v) is 1.54. The summed E-state index contributed by atoms with van der Waals surface area (Å²) in [7, 11) is 0. The van der Waals surface area contributed by atoms with E-state index < -0.39 is 0 Å². The number of rotatable bonds is 8. The minimum absolute atomic E-state index is 0.640. The molecule has 0 spiro atoms. The van der Waals surface area contributed by atoms with Gasteiger partial charge in [-0.05, 0) is 39.3 Å². The zero-order valence-electron chi connectivity index (χ0n) is 9.13. The molecule has 0 aliphatic carbocycles. The van der Waals surface area contributed by atoms with Gasteiger partial charge in [0.2, 0.25) is 0 Å². The van der Waals surface area contributed by atoms with E-state index in [1.54, 1.807) is 0 Å². The van der Waals surface area contributed by atoms with Gasteiger partial charge in [0.25, 0.3) is 0 Å². The Morgan fingerprint density at radius 1 is 1.54 bits per heavy atom. The van der Waals surface area contributed by atoms with Crippen molar-refractivity contribution in [3.05, 3.63) is 12.7 Å². The molecule has 0 rings (SSSR count). The molecule has 0 amide bonds. The topological polar surface area (TPSA) is 29.3 Å². The van der Waals surface area contributed by atoms with Crippen LogP contribution in [-0.2, 0) is 0 Å². The molecule has 0 saturated carbocycles. The highest BCUT2D eigenvalue weighted by molar-refractivity contribution is 4.77. The minimum Gasteiger partial charge on any atom is -0.330 e. The lowest BCUT2D eigenvalue weighted by Gasteiger charge is -2.27. The van der Waals surface area contributed by atoms with Crippen LogP contribution in [0, 0.1) is 0 Å². The van der Waals surface area contributed by atoms with Gasteiger partial charge >= 0.3 is 0 Å². The van der Waals surface area contributed by atoms with E-state index in [2.05, 4.69) is 25.3 Å². The van der Waals surface area contributed by atoms with Crippen molar-refractivity contribution >= 4 is 0 Å². The molecule has 1 unspecified atom stereocenters. The average molecular weight is 184 g/mol. The van der Waals surface area contributed by atoms with Gasteiger partial charge < -0.3 is 5.73 Å². The first-order chi connectivity index (χ1) is 6.26. The first-order valence-electron chi connectivity index (χ1n) is 5.31. The lowest BCUT2D eigenvalue weighted by Crippen LogP contribution is -2.34. The van der Waals surface area contributed by atoms with E-state index in [9.17, 15) is 0 Å². The van der Waals surface area contributed by atoms with E-state index in [0.717, 1.165) is 26.1 Å². The summed E-state index contributed by atoms with van der Waals surface area (Å²) < 4.78 is 0. The third-order valence-electron chi connectivity index (χ3n) is 2.32. The monoisotopic (exact) mass is 184 g/mol. The van der Waals surface area contributed by atoms with Crippen molar-refractivity contribution in [1.29, 1.82) is 0 Å². The smallest absolute Gasteiger partial charge is 0.0163 e. The van der Waals surface area contributed by atoms with E-state index in [1.807, 2.05) is 6.08 Å². The summed E-state index contributed by atoms with van der Waals surface area (Å²) in [5.41, 5.74) is 5.49. The molecule has 78 valence electrons. The Morgan fingerprint density at radius 2 is 2.23 bits per heavy atom. The molecule has 0 aromatic heterocycles. The average Bonchev–Trinajstić information content (AvgIpc) is 2.14. The summed E-state index contributed by atoms with van der Waals surface area (Å²) in [4.78, 5) is 2.46. The van der Waals surface area contributed by atoms with Crippen molar-refractivity contribution in [3.8, 4) is 0 Å². The largest absolute Gasteiger partial charge is 0.330 e. The van der Waals surface area contributed by atoms with Crippen molar-refractivity contribution in [1.82, 2.24) is 4.90 Å². The van der Waals surface area contributed by atoms with Crippen LogP contribution < -0.4 is 5.73 Å². The van der Waals surface area contributed by atoms with Gasteiger partial charge in [-0.25, -0.2) is 0 Å². The first kappa shape index (κ1) is 12.7. The summed E-state index contributed by atoms with van der Waals surface area (Å²) >= 11 is 0. The highest BCUT2D eigenvalue weighted by atomic mass is 15.1. The van der Waals surface area contributed by atoms with E-state index in [4.69, 9.17) is 5.73 Å². The van der Waals surface area contributed by atoms with Crippen molar-refractivity contribution in [2.45, 2.75) is 39.2 Å². The molecule has 0 aromatic rings. The highest BCUT2D eigenvalue weighted by Gasteiger charge is 2.09. The van der Waals surface area contributed by atoms with Crippen LogP contribution in [-0.4, -0.2) is 30.6 Å². The third-order valence-corrected chi connectivity index (χ3v) is 2.32. The van der Waals surface area contributed by atoms with Gasteiger partial charge in [-0.15, -0.1) is 6.58 Å². The van der Waals surface area contributed by atoms with Crippen LogP contribution in [0.5, 0.6) is 0 Å². The molecule has 0 aliphatic heterocycles. The maximum Gasteiger partial charge on any atom is 0.0163 e. The van der Waals surface area contributed by atoms with Crippen molar-refractivity contribution in [2.24, 2.45) is 5.73 Å². The van der Waals surface area contributed by atoms with Crippen LogP contribution >= 0.6 is 0 Å². The molecule has 13 heavy (non-hydrogen) atoms. The maximum atomic E-state index is 5.49. The standard InChI is InChI=1S/C11H24N2/c1-4-9-13(10-5-2)11(3)7-6-8-12/h4,11H,1,5-10,12H2,2-3H3. The third kappa shape index (κ3) is 5.83. The molecule has 2 nitrogen and oxygen atoms in total. The lowest BCUT2D eigenvalue weighted by atomic mass is 10.1. The van der Waals surface area contributed by atoms with Crippen LogP contribution in [0.2, 0.25) is 0 Å². The van der Waals surface area contributed by atoms with Crippen LogP contribution in [0.4, 0.5) is 0 Å². The van der Waals surface area contributed by atoms with Gasteiger partial charge in [0.05, 0.1) is 0 Å². The Hall–Kier alpha value is -0.340. The molecule has 2 N–H and O–H groups in total. The molecule has 1 atom stereocenters. The van der Waals surface area contributed by atoms with E-state index >= 15 is 0 Å². The van der Waals surface area contributed by atoms with E-state index in [0.29, 0.717) is 6.04 Å². The Balaban J connectivity index is 3.79. The minimum atomic E-state index is 0.640. The molecule has 0 saturated heterocycles. The molecule has 0 fully saturated rings. The second kappa shape index (κ2) is 8.27. The summed E-state index contributed by atoms with van der Waals surface area (Å²) in [6, 6.07) is 0.640. The molecular formula is C11H24N2. The molecule has 0 radical (unpaired) electrons. The molecule has 0 aliphatic rings. The Kier molecular flexibility index (Phi) is 8.05. The summed E-state index contributed by atoms with van der Waals surface area (Å²) in [5.74, 6) is 0. The molecule has 2 heteroatoms. The summed E-state index contributed by atoms with van der Waals surface area (Å²) in [5, 5.41) is 0. The molecule has 0 aromatic carbocycles. The Bertz CT molecular complexity index is 123.